The molecule has 0 fully saturated rings. The van der Waals surface area contributed by atoms with Crippen LogP contribution in [0.2, 0.25) is 0 Å². The molecule has 0 bridgehead atoms. The van der Waals surface area contributed by atoms with E-state index in [-0.39, 0.29) is 18.2 Å². The highest BCUT2D eigenvalue weighted by Crippen LogP contribution is 2.35. The molecule has 0 spiro atoms. The number of ether oxygens (including phenoxy) is 1. The van der Waals surface area contributed by atoms with Gasteiger partial charge in [0.15, 0.2) is 0 Å². The predicted octanol–water partition coefficient (Wildman–Crippen LogP) is 6.13. The van der Waals surface area contributed by atoms with E-state index in [1.54, 1.807) is 0 Å². The molecule has 3 heteroatoms. The van der Waals surface area contributed by atoms with Gasteiger partial charge in [0.2, 0.25) is 0 Å². The molecule has 0 aromatic heterocycles. The summed E-state index contributed by atoms with van der Waals surface area (Å²) in [7, 11) is 0. The van der Waals surface area contributed by atoms with Crippen LogP contribution in [0.15, 0.2) is 54.6 Å². The van der Waals surface area contributed by atoms with Crippen LogP contribution in [-0.4, -0.2) is 23.6 Å². The Morgan fingerprint density at radius 1 is 1.07 bits per heavy atom. The maximum atomic E-state index is 13.1. The smallest absolute Gasteiger partial charge is 0.410 e. The Morgan fingerprint density at radius 2 is 1.81 bits per heavy atom. The summed E-state index contributed by atoms with van der Waals surface area (Å²) < 4.78 is 5.94. The first-order valence-corrected chi connectivity index (χ1v) is 10.3. The minimum absolute atomic E-state index is 0.0117. The maximum Gasteiger partial charge on any atom is 0.410 e. The molecule has 1 aliphatic heterocycles. The Kier molecular flexibility index (Phi) is 6.92. The first-order valence-electron chi connectivity index (χ1n) is 10.3. The van der Waals surface area contributed by atoms with Crippen LogP contribution in [0.5, 0.6) is 0 Å². The van der Waals surface area contributed by atoms with Crippen molar-refractivity contribution in [1.82, 2.24) is 4.90 Å². The van der Waals surface area contributed by atoms with Crippen molar-refractivity contribution in [2.24, 2.45) is 0 Å². The van der Waals surface area contributed by atoms with E-state index in [9.17, 15) is 4.79 Å². The van der Waals surface area contributed by atoms with Crippen LogP contribution in [0.25, 0.3) is 0 Å². The average molecular weight is 366 g/mol. The lowest BCUT2D eigenvalue weighted by molar-refractivity contribution is 0.0469. The molecule has 1 amide bonds. The number of fused-ring (bicyclic) bond motifs is 1. The number of hydrogen-bond acceptors (Lipinski definition) is 2. The molecule has 0 saturated heterocycles. The third-order valence-electron chi connectivity index (χ3n) is 5.49. The van der Waals surface area contributed by atoms with E-state index in [0.717, 1.165) is 31.2 Å². The van der Waals surface area contributed by atoms with Crippen LogP contribution >= 0.6 is 0 Å². The first-order chi connectivity index (χ1) is 13.2. The summed E-state index contributed by atoms with van der Waals surface area (Å²) in [6.07, 6.45) is 6.03. The lowest BCUT2D eigenvalue weighted by atomic mass is 9.88. The number of rotatable bonds is 7. The predicted molar refractivity (Wildman–Crippen MR) is 110 cm³/mol. The van der Waals surface area contributed by atoms with Gasteiger partial charge in [0.1, 0.15) is 6.10 Å². The van der Waals surface area contributed by atoms with Gasteiger partial charge in [0.25, 0.3) is 0 Å². The molecule has 144 valence electrons. The molecular formula is C24H31NO2. The standard InChI is InChI=1S/C24H31NO2/c1-3-5-7-15-21(4-2)27-24(26)25-18-17-19-12-10-11-16-22(19)23(25)20-13-8-6-9-14-20/h6,8-14,16,21,23H,3-5,7,15,17-18H2,1-2H3. The zero-order chi connectivity index (χ0) is 19.1. The summed E-state index contributed by atoms with van der Waals surface area (Å²) >= 11 is 0. The molecule has 1 aliphatic rings. The highest BCUT2D eigenvalue weighted by atomic mass is 16.6. The number of amides is 1. The number of carbonyl (C=O) groups excluding carboxylic acids is 1. The molecule has 3 rings (SSSR count). The van der Waals surface area contributed by atoms with Crippen LogP contribution in [-0.2, 0) is 11.2 Å². The zero-order valence-corrected chi connectivity index (χ0v) is 16.6. The van der Waals surface area contributed by atoms with Crippen molar-refractivity contribution in [1.29, 1.82) is 0 Å². The fraction of sp³-hybridized carbons (Fsp3) is 0.458. The van der Waals surface area contributed by atoms with Crippen LogP contribution in [0.1, 0.15) is 68.7 Å². The van der Waals surface area contributed by atoms with Gasteiger partial charge in [-0.1, -0.05) is 81.3 Å². The molecule has 2 aromatic carbocycles. The van der Waals surface area contributed by atoms with E-state index in [0.29, 0.717) is 6.54 Å². The molecule has 2 aromatic rings. The molecule has 0 saturated carbocycles. The Bertz CT molecular complexity index is 728. The molecule has 0 N–H and O–H groups in total. The fourth-order valence-electron chi connectivity index (χ4n) is 3.94. The van der Waals surface area contributed by atoms with E-state index in [1.165, 1.54) is 24.0 Å². The SMILES string of the molecule is CCCCCC(CC)OC(=O)N1CCc2ccccc2C1c1ccccc1. The largest absolute Gasteiger partial charge is 0.446 e. The summed E-state index contributed by atoms with van der Waals surface area (Å²) in [5, 5.41) is 0. The van der Waals surface area contributed by atoms with Gasteiger partial charge in [-0.3, -0.25) is 4.90 Å². The molecular weight excluding hydrogens is 334 g/mol. The molecule has 27 heavy (non-hydrogen) atoms. The van der Waals surface area contributed by atoms with Gasteiger partial charge in [-0.2, -0.15) is 0 Å². The minimum Gasteiger partial charge on any atom is -0.446 e. The van der Waals surface area contributed by atoms with Crippen LogP contribution in [0.4, 0.5) is 4.79 Å². The maximum absolute atomic E-state index is 13.1. The van der Waals surface area contributed by atoms with E-state index >= 15 is 0 Å². The minimum atomic E-state index is -0.179. The van der Waals surface area contributed by atoms with Gasteiger partial charge in [-0.25, -0.2) is 4.79 Å². The van der Waals surface area contributed by atoms with Gasteiger partial charge in [0.05, 0.1) is 6.04 Å². The zero-order valence-electron chi connectivity index (χ0n) is 16.6. The van der Waals surface area contributed by atoms with E-state index < -0.39 is 0 Å². The fourth-order valence-corrected chi connectivity index (χ4v) is 3.94. The highest BCUT2D eigenvalue weighted by Gasteiger charge is 2.33. The summed E-state index contributed by atoms with van der Waals surface area (Å²) in [4.78, 5) is 15.0. The third kappa shape index (κ3) is 4.71. The monoisotopic (exact) mass is 365 g/mol. The topological polar surface area (TPSA) is 29.5 Å². The lowest BCUT2D eigenvalue weighted by Gasteiger charge is -2.37. The highest BCUT2D eigenvalue weighted by molar-refractivity contribution is 5.70. The molecule has 1 heterocycles. The van der Waals surface area contributed by atoms with Crippen molar-refractivity contribution in [2.75, 3.05) is 6.54 Å². The molecule has 2 atom stereocenters. The number of hydrogen-bond donors (Lipinski definition) is 0. The second-order valence-electron chi connectivity index (χ2n) is 7.37. The summed E-state index contributed by atoms with van der Waals surface area (Å²) in [5.74, 6) is 0. The normalized spacial score (nSPS) is 17.3. The van der Waals surface area contributed by atoms with Crippen molar-refractivity contribution in [3.63, 3.8) is 0 Å². The molecule has 0 radical (unpaired) electrons. The van der Waals surface area contributed by atoms with Gasteiger partial charge < -0.3 is 4.74 Å². The summed E-state index contributed by atoms with van der Waals surface area (Å²) in [6, 6.07) is 18.7. The summed E-state index contributed by atoms with van der Waals surface area (Å²) in [5.41, 5.74) is 3.68. The van der Waals surface area contributed by atoms with Crippen LogP contribution in [0.3, 0.4) is 0 Å². The van der Waals surface area contributed by atoms with Crippen molar-refractivity contribution < 1.29 is 9.53 Å². The van der Waals surface area contributed by atoms with Gasteiger partial charge >= 0.3 is 6.09 Å². The summed E-state index contributed by atoms with van der Waals surface area (Å²) in [6.45, 7) is 4.99. The van der Waals surface area contributed by atoms with Crippen LogP contribution in [0, 0.1) is 0 Å². The second-order valence-corrected chi connectivity index (χ2v) is 7.37. The number of carbonyl (C=O) groups is 1. The quantitative estimate of drug-likeness (QED) is 0.552. The second kappa shape index (κ2) is 9.59. The number of unbranched alkanes of at least 4 members (excludes halogenated alkanes) is 2. The van der Waals surface area contributed by atoms with E-state index in [1.807, 2.05) is 23.1 Å². The van der Waals surface area contributed by atoms with Crippen molar-refractivity contribution >= 4 is 6.09 Å². The van der Waals surface area contributed by atoms with E-state index in [4.69, 9.17) is 4.74 Å². The van der Waals surface area contributed by atoms with E-state index in [2.05, 4.69) is 50.2 Å². The number of nitrogens with zero attached hydrogens (tertiary/aromatic N) is 1. The number of benzene rings is 2. The third-order valence-corrected chi connectivity index (χ3v) is 5.49. The van der Waals surface area contributed by atoms with Gasteiger partial charge in [0, 0.05) is 6.54 Å². The van der Waals surface area contributed by atoms with Crippen molar-refractivity contribution in [3.8, 4) is 0 Å². The molecule has 2 unspecified atom stereocenters. The Labute approximate surface area is 163 Å². The first kappa shape index (κ1) is 19.5. The Morgan fingerprint density at radius 3 is 2.56 bits per heavy atom. The van der Waals surface area contributed by atoms with Gasteiger partial charge in [-0.05, 0) is 42.4 Å². The van der Waals surface area contributed by atoms with Gasteiger partial charge in [-0.15, -0.1) is 0 Å². The van der Waals surface area contributed by atoms with Crippen molar-refractivity contribution in [3.05, 3.63) is 71.3 Å². The Balaban J connectivity index is 1.81. The molecule has 3 nitrogen and oxygen atoms in total. The van der Waals surface area contributed by atoms with Crippen molar-refractivity contribution in [2.45, 2.75) is 64.5 Å². The van der Waals surface area contributed by atoms with Crippen LogP contribution < -0.4 is 0 Å². The Hall–Kier alpha value is -2.29. The lowest BCUT2D eigenvalue weighted by Crippen LogP contribution is -2.42. The molecule has 0 aliphatic carbocycles. The average Bonchev–Trinajstić information content (AvgIpc) is 2.72.